The van der Waals surface area contributed by atoms with Crippen molar-refractivity contribution in [3.05, 3.63) is 54.1 Å². The SMILES string of the molecule is CC[C@@H](C)c1ccccc1NC(=O)[C@@H](C)Nc1cccc(NS(C)(=O)=O)c1. The Balaban J connectivity index is 2.08. The van der Waals surface area contributed by atoms with E-state index in [1.54, 1.807) is 31.2 Å². The topological polar surface area (TPSA) is 87.3 Å². The van der Waals surface area contributed by atoms with Gasteiger partial charge in [0, 0.05) is 11.4 Å². The van der Waals surface area contributed by atoms with Crippen molar-refractivity contribution in [3.8, 4) is 0 Å². The number of anilines is 3. The number of hydrogen-bond acceptors (Lipinski definition) is 4. The Morgan fingerprint density at radius 2 is 1.70 bits per heavy atom. The van der Waals surface area contributed by atoms with E-state index in [-0.39, 0.29) is 5.91 Å². The normalized spacial score (nSPS) is 13.5. The van der Waals surface area contributed by atoms with Crippen molar-refractivity contribution in [1.82, 2.24) is 0 Å². The van der Waals surface area contributed by atoms with Gasteiger partial charge in [-0.3, -0.25) is 9.52 Å². The molecular weight excluding hydrogens is 362 g/mol. The summed E-state index contributed by atoms with van der Waals surface area (Å²) in [5.74, 6) is 0.191. The molecule has 0 radical (unpaired) electrons. The molecular formula is C20H27N3O3S. The minimum Gasteiger partial charge on any atom is -0.374 e. The van der Waals surface area contributed by atoms with Gasteiger partial charge in [-0.15, -0.1) is 0 Å². The highest BCUT2D eigenvalue weighted by Gasteiger charge is 2.16. The number of benzene rings is 2. The van der Waals surface area contributed by atoms with E-state index >= 15 is 0 Å². The predicted octanol–water partition coefficient (Wildman–Crippen LogP) is 4.01. The molecule has 2 aromatic carbocycles. The Bertz CT molecular complexity index is 897. The van der Waals surface area contributed by atoms with Gasteiger partial charge in [-0.25, -0.2) is 8.42 Å². The number of amides is 1. The molecule has 2 rings (SSSR count). The lowest BCUT2D eigenvalue weighted by atomic mass is 9.97. The number of hydrogen-bond donors (Lipinski definition) is 3. The van der Waals surface area contributed by atoms with Crippen LogP contribution in [-0.2, 0) is 14.8 Å². The van der Waals surface area contributed by atoms with Gasteiger partial charge in [0.15, 0.2) is 0 Å². The molecule has 0 spiro atoms. The van der Waals surface area contributed by atoms with E-state index in [1.165, 1.54) is 0 Å². The maximum absolute atomic E-state index is 12.6. The molecule has 6 nitrogen and oxygen atoms in total. The average molecular weight is 390 g/mol. The van der Waals surface area contributed by atoms with Crippen LogP contribution in [0.4, 0.5) is 17.1 Å². The van der Waals surface area contributed by atoms with Crippen molar-refractivity contribution >= 4 is 33.0 Å². The molecule has 0 unspecified atom stereocenters. The maximum atomic E-state index is 12.6. The first kappa shape index (κ1) is 20.8. The van der Waals surface area contributed by atoms with Gasteiger partial charge in [-0.05, 0) is 49.1 Å². The quantitative estimate of drug-likeness (QED) is 0.636. The maximum Gasteiger partial charge on any atom is 0.246 e. The molecule has 2 aromatic rings. The Morgan fingerprint density at radius 3 is 2.37 bits per heavy atom. The molecule has 0 heterocycles. The molecule has 2 atom stereocenters. The smallest absolute Gasteiger partial charge is 0.246 e. The molecule has 0 fully saturated rings. The van der Waals surface area contributed by atoms with Crippen molar-refractivity contribution in [3.63, 3.8) is 0 Å². The number of nitrogens with one attached hydrogen (secondary N) is 3. The molecule has 0 aromatic heterocycles. The molecule has 0 bridgehead atoms. The molecule has 27 heavy (non-hydrogen) atoms. The zero-order valence-electron chi connectivity index (χ0n) is 16.1. The average Bonchev–Trinajstić information content (AvgIpc) is 2.60. The van der Waals surface area contributed by atoms with Crippen LogP contribution in [0.1, 0.15) is 38.7 Å². The van der Waals surface area contributed by atoms with Crippen molar-refractivity contribution in [2.45, 2.75) is 39.2 Å². The van der Waals surface area contributed by atoms with Crippen LogP contribution in [0.5, 0.6) is 0 Å². The lowest BCUT2D eigenvalue weighted by Crippen LogP contribution is -2.32. The van der Waals surface area contributed by atoms with E-state index in [0.29, 0.717) is 17.3 Å². The fraction of sp³-hybridized carbons (Fsp3) is 0.350. The van der Waals surface area contributed by atoms with Gasteiger partial charge in [0.2, 0.25) is 15.9 Å². The van der Waals surface area contributed by atoms with Gasteiger partial charge < -0.3 is 10.6 Å². The molecule has 0 aliphatic heterocycles. The van der Waals surface area contributed by atoms with Crippen LogP contribution in [0.25, 0.3) is 0 Å². The largest absolute Gasteiger partial charge is 0.374 e. The van der Waals surface area contributed by atoms with Crippen LogP contribution >= 0.6 is 0 Å². The lowest BCUT2D eigenvalue weighted by molar-refractivity contribution is -0.116. The van der Waals surface area contributed by atoms with E-state index in [1.807, 2.05) is 24.3 Å². The first-order valence-corrected chi connectivity index (χ1v) is 10.8. The zero-order valence-corrected chi connectivity index (χ0v) is 16.9. The zero-order chi connectivity index (χ0) is 20.0. The summed E-state index contributed by atoms with van der Waals surface area (Å²) in [6.45, 7) is 6.01. The van der Waals surface area contributed by atoms with Crippen molar-refractivity contribution < 1.29 is 13.2 Å². The van der Waals surface area contributed by atoms with Gasteiger partial charge in [0.1, 0.15) is 6.04 Å². The van der Waals surface area contributed by atoms with Crippen molar-refractivity contribution in [1.29, 1.82) is 0 Å². The second-order valence-electron chi connectivity index (χ2n) is 6.71. The summed E-state index contributed by atoms with van der Waals surface area (Å²) in [6, 6.07) is 14.1. The highest BCUT2D eigenvalue weighted by Crippen LogP contribution is 2.26. The predicted molar refractivity (Wildman–Crippen MR) is 112 cm³/mol. The van der Waals surface area contributed by atoms with Crippen LogP contribution in [0, 0.1) is 0 Å². The molecule has 0 aliphatic carbocycles. The fourth-order valence-electron chi connectivity index (χ4n) is 2.70. The third kappa shape index (κ3) is 6.29. The highest BCUT2D eigenvalue weighted by molar-refractivity contribution is 7.92. The molecule has 146 valence electrons. The molecule has 7 heteroatoms. The van der Waals surface area contributed by atoms with E-state index in [9.17, 15) is 13.2 Å². The van der Waals surface area contributed by atoms with Crippen molar-refractivity contribution in [2.75, 3.05) is 21.6 Å². The Labute approximate surface area is 161 Å². The van der Waals surface area contributed by atoms with E-state index < -0.39 is 16.1 Å². The summed E-state index contributed by atoms with van der Waals surface area (Å²) in [7, 11) is -3.35. The van der Waals surface area contributed by atoms with Gasteiger partial charge in [-0.1, -0.05) is 38.1 Å². The summed E-state index contributed by atoms with van der Waals surface area (Å²) >= 11 is 0. The van der Waals surface area contributed by atoms with Crippen LogP contribution in [0.3, 0.4) is 0 Å². The van der Waals surface area contributed by atoms with Gasteiger partial charge in [0.25, 0.3) is 0 Å². The number of carbonyl (C=O) groups excluding carboxylic acids is 1. The summed E-state index contributed by atoms with van der Waals surface area (Å²) in [5, 5.41) is 6.09. The Kier molecular flexibility index (Phi) is 6.85. The number of carbonyl (C=O) groups is 1. The van der Waals surface area contributed by atoms with E-state index in [0.717, 1.165) is 23.9 Å². The summed E-state index contributed by atoms with van der Waals surface area (Å²) in [4.78, 5) is 12.6. The van der Waals surface area contributed by atoms with Gasteiger partial charge in [0.05, 0.1) is 11.9 Å². The van der Waals surface area contributed by atoms with Crippen LogP contribution in [0.15, 0.2) is 48.5 Å². The summed E-state index contributed by atoms with van der Waals surface area (Å²) < 4.78 is 25.1. The minimum absolute atomic E-state index is 0.160. The van der Waals surface area contributed by atoms with Gasteiger partial charge in [-0.2, -0.15) is 0 Å². The molecule has 0 saturated heterocycles. The van der Waals surface area contributed by atoms with E-state index in [4.69, 9.17) is 0 Å². The van der Waals surface area contributed by atoms with Crippen molar-refractivity contribution in [2.24, 2.45) is 0 Å². The van der Waals surface area contributed by atoms with Crippen LogP contribution < -0.4 is 15.4 Å². The first-order valence-electron chi connectivity index (χ1n) is 8.93. The van der Waals surface area contributed by atoms with E-state index in [2.05, 4.69) is 29.2 Å². The number of sulfonamides is 1. The molecule has 3 N–H and O–H groups in total. The molecule has 0 aliphatic rings. The summed E-state index contributed by atoms with van der Waals surface area (Å²) in [5.41, 5.74) is 3.02. The molecule has 0 saturated carbocycles. The lowest BCUT2D eigenvalue weighted by Gasteiger charge is -2.19. The monoisotopic (exact) mass is 389 g/mol. The fourth-order valence-corrected chi connectivity index (χ4v) is 3.26. The second kappa shape index (κ2) is 8.90. The van der Waals surface area contributed by atoms with Crippen LogP contribution in [-0.4, -0.2) is 26.6 Å². The third-order valence-electron chi connectivity index (χ3n) is 4.30. The van der Waals surface area contributed by atoms with Gasteiger partial charge >= 0.3 is 0 Å². The minimum atomic E-state index is -3.35. The Hall–Kier alpha value is -2.54. The van der Waals surface area contributed by atoms with Crippen LogP contribution in [0.2, 0.25) is 0 Å². The highest BCUT2D eigenvalue weighted by atomic mass is 32.2. The number of rotatable bonds is 8. The first-order chi connectivity index (χ1) is 12.7. The standard InChI is InChI=1S/C20H27N3O3S/c1-5-14(2)18-11-6-7-12-19(18)22-20(24)15(3)21-16-9-8-10-17(13-16)23-27(4,25)26/h6-15,21,23H,5H2,1-4H3,(H,22,24)/t14-,15-/m1/s1. The molecule has 1 amide bonds. The third-order valence-corrected chi connectivity index (χ3v) is 4.91. The number of para-hydroxylation sites is 1. The summed E-state index contributed by atoms with van der Waals surface area (Å²) in [6.07, 6.45) is 2.08. The Morgan fingerprint density at radius 1 is 1.04 bits per heavy atom. The second-order valence-corrected chi connectivity index (χ2v) is 8.46.